The van der Waals surface area contributed by atoms with E-state index in [1.54, 1.807) is 4.90 Å². The number of rotatable bonds is 10. The molecular weight excluding hydrogens is 432 g/mol. The van der Waals surface area contributed by atoms with Crippen molar-refractivity contribution in [1.29, 1.82) is 0 Å². The summed E-state index contributed by atoms with van der Waals surface area (Å²) in [5.74, 6) is -0.251. The molecule has 0 heterocycles. The summed E-state index contributed by atoms with van der Waals surface area (Å²) in [6.07, 6.45) is 1.48. The van der Waals surface area contributed by atoms with Crippen LogP contribution in [0.2, 0.25) is 5.02 Å². The number of halogens is 1. The average Bonchev–Trinajstić information content (AvgIpc) is 2.81. The predicted octanol–water partition coefficient (Wildman–Crippen LogP) is 5.36. The summed E-state index contributed by atoms with van der Waals surface area (Å²) in [5.41, 5.74) is 3.84. The number of hydrogen-bond acceptors (Lipinski definition) is 2. The van der Waals surface area contributed by atoms with Crippen molar-refractivity contribution < 1.29 is 9.59 Å². The molecule has 0 saturated carbocycles. The van der Waals surface area contributed by atoms with Crippen LogP contribution in [0.5, 0.6) is 0 Å². The quantitative estimate of drug-likeness (QED) is 0.441. The Labute approximate surface area is 201 Å². The maximum atomic E-state index is 13.7. The second-order valence-corrected chi connectivity index (χ2v) is 8.68. The fourth-order valence-corrected chi connectivity index (χ4v) is 4.02. The van der Waals surface area contributed by atoms with E-state index in [1.165, 1.54) is 0 Å². The molecule has 1 N–H and O–H groups in total. The van der Waals surface area contributed by atoms with E-state index >= 15 is 0 Å². The number of amides is 2. The van der Waals surface area contributed by atoms with E-state index in [0.717, 1.165) is 28.7 Å². The van der Waals surface area contributed by atoms with Gasteiger partial charge >= 0.3 is 0 Å². The molecule has 0 aromatic heterocycles. The first kappa shape index (κ1) is 24.5. The zero-order valence-corrected chi connectivity index (χ0v) is 20.0. The molecule has 4 nitrogen and oxygen atoms in total. The maximum Gasteiger partial charge on any atom is 0.243 e. The van der Waals surface area contributed by atoms with Crippen LogP contribution in [0, 0.1) is 6.92 Å². The van der Waals surface area contributed by atoms with E-state index in [0.29, 0.717) is 18.0 Å². The van der Waals surface area contributed by atoms with Crippen molar-refractivity contribution in [3.05, 3.63) is 106 Å². The van der Waals surface area contributed by atoms with Crippen LogP contribution in [-0.4, -0.2) is 29.3 Å². The Kier molecular flexibility index (Phi) is 9.08. The SMILES string of the molecule is CCCNC(=O)[C@@H](Cc1ccccc1)N(Cc1ccccc1Cl)C(=O)Cc1cccc(C)c1. The van der Waals surface area contributed by atoms with Gasteiger partial charge in [-0.05, 0) is 36.1 Å². The molecule has 0 bridgehead atoms. The van der Waals surface area contributed by atoms with Gasteiger partial charge in [-0.25, -0.2) is 0 Å². The third-order valence-corrected chi connectivity index (χ3v) is 5.93. The Morgan fingerprint density at radius 3 is 2.33 bits per heavy atom. The molecular formula is C28H31ClN2O2. The molecule has 3 aromatic carbocycles. The Bertz CT molecular complexity index is 1070. The summed E-state index contributed by atoms with van der Waals surface area (Å²) in [7, 11) is 0. The number of nitrogens with one attached hydrogen (secondary N) is 1. The molecule has 0 aliphatic rings. The lowest BCUT2D eigenvalue weighted by molar-refractivity contribution is -0.140. The maximum absolute atomic E-state index is 13.7. The Hall–Kier alpha value is -3.11. The van der Waals surface area contributed by atoms with Crippen molar-refractivity contribution in [1.82, 2.24) is 10.2 Å². The standard InChI is InChI=1S/C28H31ClN2O2/c1-3-16-30-28(33)26(18-22-11-5-4-6-12-22)31(20-24-14-7-8-15-25(24)29)27(32)19-23-13-9-10-21(2)17-23/h4-15,17,26H,3,16,18-20H2,1-2H3,(H,30,33)/t26-/m1/s1. The van der Waals surface area contributed by atoms with Gasteiger partial charge < -0.3 is 10.2 Å². The zero-order chi connectivity index (χ0) is 23.6. The van der Waals surface area contributed by atoms with E-state index in [1.807, 2.05) is 92.7 Å². The van der Waals surface area contributed by atoms with Gasteiger partial charge in [0.05, 0.1) is 6.42 Å². The molecule has 33 heavy (non-hydrogen) atoms. The van der Waals surface area contributed by atoms with Crippen LogP contribution in [-0.2, 0) is 29.0 Å². The van der Waals surface area contributed by atoms with Gasteiger partial charge in [-0.1, -0.05) is 96.9 Å². The van der Waals surface area contributed by atoms with Crippen LogP contribution in [0.1, 0.15) is 35.6 Å². The number of hydrogen-bond donors (Lipinski definition) is 1. The highest BCUT2D eigenvalue weighted by Gasteiger charge is 2.30. The molecule has 1 atom stereocenters. The summed E-state index contributed by atoms with van der Waals surface area (Å²) >= 11 is 6.44. The van der Waals surface area contributed by atoms with E-state index in [2.05, 4.69) is 5.32 Å². The Morgan fingerprint density at radius 1 is 0.939 bits per heavy atom. The van der Waals surface area contributed by atoms with Crippen LogP contribution in [0.4, 0.5) is 0 Å². The van der Waals surface area contributed by atoms with Crippen LogP contribution >= 0.6 is 11.6 Å². The number of aryl methyl sites for hydroxylation is 1. The molecule has 172 valence electrons. The fourth-order valence-electron chi connectivity index (χ4n) is 3.83. The summed E-state index contributed by atoms with van der Waals surface area (Å²) in [4.78, 5) is 28.6. The molecule has 3 rings (SSSR count). The molecule has 2 amide bonds. The van der Waals surface area contributed by atoms with Gasteiger partial charge in [0, 0.05) is 24.5 Å². The smallest absolute Gasteiger partial charge is 0.243 e. The predicted molar refractivity (Wildman–Crippen MR) is 134 cm³/mol. The van der Waals surface area contributed by atoms with Gasteiger partial charge in [0.1, 0.15) is 6.04 Å². The average molecular weight is 463 g/mol. The lowest BCUT2D eigenvalue weighted by atomic mass is 10.0. The highest BCUT2D eigenvalue weighted by molar-refractivity contribution is 6.31. The lowest BCUT2D eigenvalue weighted by Gasteiger charge is -2.32. The van der Waals surface area contributed by atoms with E-state index in [-0.39, 0.29) is 24.8 Å². The first-order chi connectivity index (χ1) is 16.0. The third kappa shape index (κ3) is 7.19. The van der Waals surface area contributed by atoms with E-state index in [9.17, 15) is 9.59 Å². The Morgan fingerprint density at radius 2 is 1.64 bits per heavy atom. The second-order valence-electron chi connectivity index (χ2n) is 8.28. The van der Waals surface area contributed by atoms with Crippen LogP contribution in [0.3, 0.4) is 0 Å². The van der Waals surface area contributed by atoms with Crippen molar-refractivity contribution in [2.75, 3.05) is 6.54 Å². The molecule has 0 aliphatic carbocycles. The van der Waals surface area contributed by atoms with Gasteiger partial charge in [-0.3, -0.25) is 9.59 Å². The topological polar surface area (TPSA) is 49.4 Å². The van der Waals surface area contributed by atoms with Crippen molar-refractivity contribution in [3.8, 4) is 0 Å². The number of carbonyl (C=O) groups excluding carboxylic acids is 2. The normalized spacial score (nSPS) is 11.6. The van der Waals surface area contributed by atoms with Gasteiger partial charge in [0.15, 0.2) is 0 Å². The summed E-state index contributed by atoms with van der Waals surface area (Å²) in [6, 6.07) is 24.5. The molecule has 5 heteroatoms. The number of carbonyl (C=O) groups is 2. The Balaban J connectivity index is 1.96. The summed E-state index contributed by atoms with van der Waals surface area (Å²) in [5, 5.41) is 3.58. The van der Waals surface area contributed by atoms with Gasteiger partial charge in [0.25, 0.3) is 0 Å². The third-order valence-electron chi connectivity index (χ3n) is 5.56. The lowest BCUT2D eigenvalue weighted by Crippen LogP contribution is -2.51. The highest BCUT2D eigenvalue weighted by Crippen LogP contribution is 2.21. The van der Waals surface area contributed by atoms with Gasteiger partial charge in [-0.15, -0.1) is 0 Å². The number of benzene rings is 3. The first-order valence-corrected chi connectivity index (χ1v) is 11.8. The van der Waals surface area contributed by atoms with Crippen molar-refractivity contribution in [2.24, 2.45) is 0 Å². The molecule has 0 fully saturated rings. The van der Waals surface area contributed by atoms with E-state index in [4.69, 9.17) is 11.6 Å². The largest absolute Gasteiger partial charge is 0.354 e. The minimum absolute atomic E-state index is 0.104. The zero-order valence-electron chi connectivity index (χ0n) is 19.3. The van der Waals surface area contributed by atoms with Crippen LogP contribution in [0.25, 0.3) is 0 Å². The van der Waals surface area contributed by atoms with Crippen LogP contribution in [0.15, 0.2) is 78.9 Å². The molecule has 3 aromatic rings. The molecule has 0 radical (unpaired) electrons. The minimum atomic E-state index is -0.646. The number of nitrogens with zero attached hydrogens (tertiary/aromatic N) is 1. The van der Waals surface area contributed by atoms with Crippen molar-refractivity contribution in [3.63, 3.8) is 0 Å². The van der Waals surface area contributed by atoms with Crippen LogP contribution < -0.4 is 5.32 Å². The summed E-state index contributed by atoms with van der Waals surface area (Å²) in [6.45, 7) is 4.85. The molecule has 0 saturated heterocycles. The molecule has 0 aliphatic heterocycles. The van der Waals surface area contributed by atoms with Gasteiger partial charge in [0.2, 0.25) is 11.8 Å². The van der Waals surface area contributed by atoms with Gasteiger partial charge in [-0.2, -0.15) is 0 Å². The van der Waals surface area contributed by atoms with E-state index < -0.39 is 6.04 Å². The first-order valence-electron chi connectivity index (χ1n) is 11.4. The van der Waals surface area contributed by atoms with Crippen molar-refractivity contribution in [2.45, 2.75) is 45.7 Å². The monoisotopic (exact) mass is 462 g/mol. The fraction of sp³-hybridized carbons (Fsp3) is 0.286. The highest BCUT2D eigenvalue weighted by atomic mass is 35.5. The molecule has 0 unspecified atom stereocenters. The second kappa shape index (κ2) is 12.2. The summed E-state index contributed by atoms with van der Waals surface area (Å²) < 4.78 is 0. The van der Waals surface area contributed by atoms with Crippen molar-refractivity contribution >= 4 is 23.4 Å². The minimum Gasteiger partial charge on any atom is -0.354 e. The molecule has 0 spiro atoms.